The van der Waals surface area contributed by atoms with E-state index in [-0.39, 0.29) is 11.4 Å². The second-order valence-corrected chi connectivity index (χ2v) is 12.6. The van der Waals surface area contributed by atoms with E-state index in [1.54, 1.807) is 11.8 Å². The lowest BCUT2D eigenvalue weighted by Crippen LogP contribution is -2.45. The third kappa shape index (κ3) is 4.69. The van der Waals surface area contributed by atoms with E-state index in [1.807, 2.05) is 0 Å². The van der Waals surface area contributed by atoms with Crippen LogP contribution >= 0.6 is 11.8 Å². The summed E-state index contributed by atoms with van der Waals surface area (Å²) in [4.78, 5) is 24.2. The molecule has 0 spiro atoms. The maximum absolute atomic E-state index is 13.7. The number of aliphatic imine (C=N–C) groups is 1. The van der Waals surface area contributed by atoms with Crippen molar-refractivity contribution in [1.82, 2.24) is 4.90 Å². The van der Waals surface area contributed by atoms with E-state index in [0.717, 1.165) is 34.9 Å². The molecule has 0 bridgehead atoms. The van der Waals surface area contributed by atoms with Crippen LogP contribution in [-0.4, -0.2) is 40.6 Å². The number of nitrogens with zero attached hydrogens (tertiary/aromatic N) is 3. The molecule has 34 heavy (non-hydrogen) atoms. The molecule has 1 amide bonds. The molecular weight excluding hydrogens is 438 g/mol. The molecular formula is C29H41N3OS. The molecule has 3 fully saturated rings. The van der Waals surface area contributed by atoms with Gasteiger partial charge in [-0.05, 0) is 93.0 Å². The Balaban J connectivity index is 1.45. The molecule has 0 radical (unpaired) electrons. The summed E-state index contributed by atoms with van der Waals surface area (Å²) in [6.07, 6.45) is 15.4. The van der Waals surface area contributed by atoms with Crippen molar-refractivity contribution in [2.75, 3.05) is 11.9 Å². The van der Waals surface area contributed by atoms with Crippen LogP contribution in [-0.2, 0) is 4.79 Å². The van der Waals surface area contributed by atoms with Gasteiger partial charge in [0.15, 0.2) is 5.17 Å². The van der Waals surface area contributed by atoms with Crippen molar-refractivity contribution in [2.45, 2.75) is 115 Å². The third-order valence-corrected chi connectivity index (χ3v) is 9.60. The summed E-state index contributed by atoms with van der Waals surface area (Å²) in [6.45, 7) is 6.98. The second kappa shape index (κ2) is 9.72. The number of amidine groups is 1. The Hall–Kier alpha value is -1.75. The number of carbonyl (C=O) groups is 1. The van der Waals surface area contributed by atoms with Crippen molar-refractivity contribution in [3.05, 3.63) is 34.2 Å². The molecule has 2 aliphatic heterocycles. The van der Waals surface area contributed by atoms with Crippen LogP contribution in [0.5, 0.6) is 0 Å². The van der Waals surface area contributed by atoms with Crippen molar-refractivity contribution in [1.29, 1.82) is 0 Å². The monoisotopic (exact) mass is 479 g/mol. The average molecular weight is 480 g/mol. The SMILES string of the molecule is CC1CC(C)(C)N(C)c2ccc(/C=C3/SC(=NC4CCCCC4)N(C4CCCCC4)C3=O)cc21. The van der Waals surface area contributed by atoms with Gasteiger partial charge in [-0.1, -0.05) is 51.5 Å². The minimum Gasteiger partial charge on any atom is -0.369 e. The molecule has 1 unspecified atom stereocenters. The predicted molar refractivity (Wildman–Crippen MR) is 146 cm³/mol. The van der Waals surface area contributed by atoms with Gasteiger partial charge in [-0.15, -0.1) is 0 Å². The van der Waals surface area contributed by atoms with Gasteiger partial charge in [0.1, 0.15) is 0 Å². The number of thioether (sulfide) groups is 1. The van der Waals surface area contributed by atoms with Crippen LogP contribution in [0, 0.1) is 0 Å². The highest BCUT2D eigenvalue weighted by Crippen LogP contribution is 2.44. The summed E-state index contributed by atoms with van der Waals surface area (Å²) in [5.74, 6) is 0.684. The summed E-state index contributed by atoms with van der Waals surface area (Å²) in [6, 6.07) is 7.46. The maximum atomic E-state index is 13.7. The standard InChI is InChI=1S/C29H41N3OS/c1-20-19-29(2,3)31(4)25-16-15-21(17-24(20)25)18-26-27(33)32(23-13-9-6-10-14-23)28(34-26)30-22-11-7-5-8-12-22/h15-18,20,22-23H,5-14,19H2,1-4H3/b26-18+,30-28?. The van der Waals surface area contributed by atoms with E-state index >= 15 is 0 Å². The van der Waals surface area contributed by atoms with Gasteiger partial charge in [0, 0.05) is 24.3 Å². The minimum atomic E-state index is 0.161. The molecule has 4 aliphatic rings. The van der Waals surface area contributed by atoms with Crippen molar-refractivity contribution in [3.8, 4) is 0 Å². The highest BCUT2D eigenvalue weighted by atomic mass is 32.2. The molecule has 1 aromatic carbocycles. The van der Waals surface area contributed by atoms with Crippen LogP contribution in [0.25, 0.3) is 6.08 Å². The molecule has 184 valence electrons. The van der Waals surface area contributed by atoms with Crippen LogP contribution < -0.4 is 4.90 Å². The van der Waals surface area contributed by atoms with Crippen molar-refractivity contribution in [2.24, 2.45) is 4.99 Å². The van der Waals surface area contributed by atoms with E-state index in [1.165, 1.54) is 62.6 Å². The first-order chi connectivity index (χ1) is 16.3. The predicted octanol–water partition coefficient (Wildman–Crippen LogP) is 7.35. The van der Waals surface area contributed by atoms with Crippen LogP contribution in [0.1, 0.15) is 108 Å². The van der Waals surface area contributed by atoms with E-state index < -0.39 is 0 Å². The first-order valence-electron chi connectivity index (χ1n) is 13.5. The van der Waals surface area contributed by atoms with E-state index in [9.17, 15) is 4.79 Å². The molecule has 5 rings (SSSR count). The maximum Gasteiger partial charge on any atom is 0.266 e. The van der Waals surface area contributed by atoms with Crippen molar-refractivity contribution < 1.29 is 4.79 Å². The lowest BCUT2D eigenvalue weighted by Gasteiger charge is -2.45. The normalized spacial score (nSPS) is 28.7. The fourth-order valence-corrected chi connectivity index (χ4v) is 7.55. The highest BCUT2D eigenvalue weighted by molar-refractivity contribution is 8.18. The van der Waals surface area contributed by atoms with Gasteiger partial charge in [-0.2, -0.15) is 0 Å². The Morgan fingerprint density at radius 1 is 1.03 bits per heavy atom. The van der Waals surface area contributed by atoms with E-state index in [0.29, 0.717) is 18.0 Å². The average Bonchev–Trinajstić information content (AvgIpc) is 3.13. The number of anilines is 1. The molecule has 0 N–H and O–H groups in total. The number of hydrogen-bond acceptors (Lipinski definition) is 4. The molecule has 5 heteroatoms. The minimum absolute atomic E-state index is 0.161. The van der Waals surface area contributed by atoms with Gasteiger partial charge in [-0.25, -0.2) is 0 Å². The largest absolute Gasteiger partial charge is 0.369 e. The number of carbonyl (C=O) groups excluding carboxylic acids is 1. The third-order valence-electron chi connectivity index (χ3n) is 8.60. The fraction of sp³-hybridized carbons (Fsp3) is 0.655. The summed E-state index contributed by atoms with van der Waals surface area (Å²) >= 11 is 1.62. The highest BCUT2D eigenvalue weighted by Gasteiger charge is 2.39. The van der Waals surface area contributed by atoms with E-state index in [2.05, 4.69) is 61.9 Å². The molecule has 4 nitrogen and oxygen atoms in total. The number of benzene rings is 1. The zero-order valence-electron chi connectivity index (χ0n) is 21.5. The van der Waals surface area contributed by atoms with Crippen molar-refractivity contribution >= 4 is 34.6 Å². The molecule has 1 aromatic rings. The quantitative estimate of drug-likeness (QED) is 0.425. The van der Waals surface area contributed by atoms with Gasteiger partial charge < -0.3 is 4.90 Å². The fourth-order valence-electron chi connectivity index (χ4n) is 6.44. The first-order valence-corrected chi connectivity index (χ1v) is 14.3. The summed E-state index contributed by atoms with van der Waals surface area (Å²) in [5, 5.41) is 0.975. The van der Waals surface area contributed by atoms with Crippen LogP contribution in [0.2, 0.25) is 0 Å². The summed E-state index contributed by atoms with van der Waals surface area (Å²) < 4.78 is 0. The Labute approximate surface area is 210 Å². The van der Waals surface area contributed by atoms with Crippen LogP contribution in [0.15, 0.2) is 28.1 Å². The molecule has 0 aromatic heterocycles. The Morgan fingerprint density at radius 2 is 1.71 bits per heavy atom. The smallest absolute Gasteiger partial charge is 0.266 e. The molecule has 2 saturated carbocycles. The summed E-state index contributed by atoms with van der Waals surface area (Å²) in [5.41, 5.74) is 4.01. The van der Waals surface area contributed by atoms with Gasteiger partial charge >= 0.3 is 0 Å². The van der Waals surface area contributed by atoms with Gasteiger partial charge in [0.2, 0.25) is 0 Å². The van der Waals surface area contributed by atoms with Crippen LogP contribution in [0.4, 0.5) is 5.69 Å². The number of hydrogen-bond donors (Lipinski definition) is 0. The van der Waals surface area contributed by atoms with Crippen molar-refractivity contribution in [3.63, 3.8) is 0 Å². The number of amides is 1. The van der Waals surface area contributed by atoms with Gasteiger partial charge in [-0.3, -0.25) is 14.7 Å². The second-order valence-electron chi connectivity index (χ2n) is 11.6. The Morgan fingerprint density at radius 3 is 2.41 bits per heavy atom. The lowest BCUT2D eigenvalue weighted by atomic mass is 9.80. The molecule has 1 atom stereocenters. The number of rotatable bonds is 3. The van der Waals surface area contributed by atoms with E-state index in [4.69, 9.17) is 4.99 Å². The van der Waals surface area contributed by atoms with Gasteiger partial charge in [0.25, 0.3) is 5.91 Å². The Kier molecular flexibility index (Phi) is 6.85. The Bertz CT molecular complexity index is 985. The zero-order chi connectivity index (χ0) is 23.9. The van der Waals surface area contributed by atoms with Crippen LogP contribution in [0.3, 0.4) is 0 Å². The molecule has 2 heterocycles. The topological polar surface area (TPSA) is 35.9 Å². The van der Waals surface area contributed by atoms with Gasteiger partial charge in [0.05, 0.1) is 10.9 Å². The number of fused-ring (bicyclic) bond motifs is 1. The molecule has 2 aliphatic carbocycles. The summed E-state index contributed by atoms with van der Waals surface area (Å²) in [7, 11) is 2.20. The lowest BCUT2D eigenvalue weighted by molar-refractivity contribution is -0.124. The zero-order valence-corrected chi connectivity index (χ0v) is 22.3. The molecule has 1 saturated heterocycles. The first kappa shape index (κ1) is 24.0.